The Balaban J connectivity index is 1.59. The second-order valence-electron chi connectivity index (χ2n) is 6.07. The van der Waals surface area contributed by atoms with Crippen LogP contribution in [0.1, 0.15) is 23.6 Å². The van der Waals surface area contributed by atoms with Crippen molar-refractivity contribution >= 4 is 15.9 Å². The normalized spacial score (nSPS) is 25.0. The molecule has 2 atom stereocenters. The smallest absolute Gasteiger partial charge is 0.0897 e. The van der Waals surface area contributed by atoms with Crippen molar-refractivity contribution < 1.29 is 10.2 Å². The predicted molar refractivity (Wildman–Crippen MR) is 86.3 cm³/mol. The topological polar surface area (TPSA) is 46.9 Å². The minimum atomic E-state index is -0.610. The van der Waals surface area contributed by atoms with E-state index >= 15 is 0 Å². The van der Waals surface area contributed by atoms with Gasteiger partial charge in [-0.2, -0.15) is 0 Å². The number of piperazine rings is 1. The maximum atomic E-state index is 9.53. The molecule has 1 aromatic carbocycles. The van der Waals surface area contributed by atoms with Crippen molar-refractivity contribution in [2.75, 3.05) is 39.3 Å². The fourth-order valence-corrected chi connectivity index (χ4v) is 3.96. The van der Waals surface area contributed by atoms with Crippen LogP contribution in [0.15, 0.2) is 22.7 Å². The van der Waals surface area contributed by atoms with Crippen molar-refractivity contribution in [2.24, 2.45) is 0 Å². The van der Waals surface area contributed by atoms with Gasteiger partial charge in [0.2, 0.25) is 0 Å². The number of aliphatic hydroxyl groups is 2. The largest absolute Gasteiger partial charge is 0.394 e. The van der Waals surface area contributed by atoms with Gasteiger partial charge in [-0.3, -0.25) is 9.80 Å². The molecule has 21 heavy (non-hydrogen) atoms. The standard InChI is InChI=1S/C16H23BrN2O2/c17-13-2-3-15-12(9-13)1-4-16(15)19-7-5-18(6-8-19)10-14(21)11-20/h2-3,9,14,16,20-21H,1,4-8,10-11H2/t14?,16-/m0/s1. The molecular weight excluding hydrogens is 332 g/mol. The third-order valence-electron chi connectivity index (χ3n) is 4.68. The highest BCUT2D eigenvalue weighted by atomic mass is 79.9. The first-order valence-corrected chi connectivity index (χ1v) is 8.50. The quantitative estimate of drug-likeness (QED) is 0.858. The Morgan fingerprint density at radius 1 is 1.24 bits per heavy atom. The molecule has 2 N–H and O–H groups in total. The maximum absolute atomic E-state index is 9.53. The van der Waals surface area contributed by atoms with Crippen LogP contribution >= 0.6 is 15.9 Å². The fourth-order valence-electron chi connectivity index (χ4n) is 3.56. The number of nitrogens with zero attached hydrogens (tertiary/aromatic N) is 2. The number of aliphatic hydroxyl groups excluding tert-OH is 2. The second-order valence-corrected chi connectivity index (χ2v) is 6.99. The van der Waals surface area contributed by atoms with E-state index in [1.54, 1.807) is 0 Å². The van der Waals surface area contributed by atoms with E-state index in [0.717, 1.165) is 26.2 Å². The third-order valence-corrected chi connectivity index (χ3v) is 5.17. The number of benzene rings is 1. The SMILES string of the molecule is OCC(O)CN1CCN([C@H]2CCc3cc(Br)ccc32)CC1. The first-order valence-electron chi connectivity index (χ1n) is 7.71. The van der Waals surface area contributed by atoms with Crippen LogP contribution in [0.3, 0.4) is 0 Å². The molecule has 0 radical (unpaired) electrons. The van der Waals surface area contributed by atoms with Gasteiger partial charge >= 0.3 is 0 Å². The molecule has 4 nitrogen and oxygen atoms in total. The van der Waals surface area contributed by atoms with Crippen LogP contribution in [-0.2, 0) is 6.42 Å². The Morgan fingerprint density at radius 2 is 2.00 bits per heavy atom. The molecule has 0 aromatic heterocycles. The molecule has 0 amide bonds. The molecule has 1 unspecified atom stereocenters. The monoisotopic (exact) mass is 354 g/mol. The number of halogens is 1. The van der Waals surface area contributed by atoms with Gasteiger partial charge in [0, 0.05) is 43.2 Å². The van der Waals surface area contributed by atoms with Crippen LogP contribution in [0.4, 0.5) is 0 Å². The van der Waals surface area contributed by atoms with E-state index in [1.807, 2.05) is 0 Å². The maximum Gasteiger partial charge on any atom is 0.0897 e. The fraction of sp³-hybridized carbons (Fsp3) is 0.625. The van der Waals surface area contributed by atoms with Gasteiger partial charge in [0.25, 0.3) is 0 Å². The Bertz CT molecular complexity index is 489. The van der Waals surface area contributed by atoms with Gasteiger partial charge in [-0.05, 0) is 36.1 Å². The van der Waals surface area contributed by atoms with E-state index in [0.29, 0.717) is 12.6 Å². The summed E-state index contributed by atoms with van der Waals surface area (Å²) in [5, 5.41) is 18.5. The number of fused-ring (bicyclic) bond motifs is 1. The molecule has 0 spiro atoms. The molecule has 1 heterocycles. The highest BCUT2D eigenvalue weighted by Gasteiger charge is 2.30. The zero-order chi connectivity index (χ0) is 14.8. The number of aryl methyl sites for hydroxylation is 1. The number of rotatable bonds is 4. The zero-order valence-corrected chi connectivity index (χ0v) is 13.8. The third kappa shape index (κ3) is 3.48. The van der Waals surface area contributed by atoms with Crippen LogP contribution in [0.25, 0.3) is 0 Å². The molecule has 116 valence electrons. The minimum absolute atomic E-state index is 0.148. The van der Waals surface area contributed by atoms with E-state index in [-0.39, 0.29) is 6.61 Å². The van der Waals surface area contributed by atoms with Gasteiger partial charge in [-0.1, -0.05) is 22.0 Å². The van der Waals surface area contributed by atoms with Gasteiger partial charge in [0.05, 0.1) is 12.7 Å². The molecule has 1 aliphatic carbocycles. The van der Waals surface area contributed by atoms with E-state index in [4.69, 9.17) is 5.11 Å². The van der Waals surface area contributed by atoms with Crippen molar-refractivity contribution in [3.63, 3.8) is 0 Å². The van der Waals surface area contributed by atoms with Gasteiger partial charge < -0.3 is 10.2 Å². The van der Waals surface area contributed by atoms with Crippen LogP contribution < -0.4 is 0 Å². The number of hydrogen-bond donors (Lipinski definition) is 2. The van der Waals surface area contributed by atoms with Crippen molar-refractivity contribution in [3.8, 4) is 0 Å². The van der Waals surface area contributed by atoms with Crippen LogP contribution in [0, 0.1) is 0 Å². The molecule has 0 saturated carbocycles. The van der Waals surface area contributed by atoms with Crippen LogP contribution in [-0.4, -0.2) is 65.4 Å². The molecule has 5 heteroatoms. The van der Waals surface area contributed by atoms with Crippen molar-refractivity contribution in [3.05, 3.63) is 33.8 Å². The Kier molecular flexibility index (Phi) is 4.96. The molecule has 2 aliphatic rings. The van der Waals surface area contributed by atoms with E-state index in [1.165, 1.54) is 28.4 Å². The van der Waals surface area contributed by atoms with E-state index in [2.05, 4.69) is 43.9 Å². The first kappa shape index (κ1) is 15.4. The summed E-state index contributed by atoms with van der Waals surface area (Å²) in [6.45, 7) is 4.46. The summed E-state index contributed by atoms with van der Waals surface area (Å²) in [5.41, 5.74) is 2.97. The average Bonchev–Trinajstić information content (AvgIpc) is 2.90. The summed E-state index contributed by atoms with van der Waals surface area (Å²) in [4.78, 5) is 4.82. The van der Waals surface area contributed by atoms with Crippen molar-refractivity contribution in [1.29, 1.82) is 0 Å². The summed E-state index contributed by atoms with van der Waals surface area (Å²) < 4.78 is 1.17. The summed E-state index contributed by atoms with van der Waals surface area (Å²) in [6.07, 6.45) is 1.77. The molecule has 3 rings (SSSR count). The second kappa shape index (κ2) is 6.75. The Hall–Kier alpha value is -0.460. The Morgan fingerprint density at radius 3 is 2.71 bits per heavy atom. The van der Waals surface area contributed by atoms with Crippen LogP contribution in [0.5, 0.6) is 0 Å². The lowest BCUT2D eigenvalue weighted by Crippen LogP contribution is -2.49. The minimum Gasteiger partial charge on any atom is -0.394 e. The van der Waals surface area contributed by atoms with Gasteiger partial charge in [-0.25, -0.2) is 0 Å². The number of β-amino-alcohol motifs (C(OH)–C–C–N with tert-alkyl or cyclic N) is 1. The lowest BCUT2D eigenvalue weighted by molar-refractivity contribution is 0.0309. The molecule has 1 aliphatic heterocycles. The summed E-state index contributed by atoms with van der Waals surface area (Å²) in [7, 11) is 0. The summed E-state index contributed by atoms with van der Waals surface area (Å²) in [6, 6.07) is 7.21. The summed E-state index contributed by atoms with van der Waals surface area (Å²) >= 11 is 3.55. The first-order chi connectivity index (χ1) is 10.2. The lowest BCUT2D eigenvalue weighted by Gasteiger charge is -2.38. The van der Waals surface area contributed by atoms with Crippen LogP contribution in [0.2, 0.25) is 0 Å². The van der Waals surface area contributed by atoms with Crippen molar-refractivity contribution in [2.45, 2.75) is 25.0 Å². The molecule has 1 fully saturated rings. The Labute approximate surface area is 134 Å². The van der Waals surface area contributed by atoms with E-state index < -0.39 is 6.10 Å². The summed E-state index contributed by atoms with van der Waals surface area (Å²) in [5.74, 6) is 0. The number of hydrogen-bond acceptors (Lipinski definition) is 4. The molecular formula is C16H23BrN2O2. The molecule has 1 saturated heterocycles. The van der Waals surface area contributed by atoms with E-state index in [9.17, 15) is 5.11 Å². The lowest BCUT2D eigenvalue weighted by atomic mass is 10.1. The predicted octanol–water partition coefficient (Wildman–Crippen LogP) is 1.41. The highest BCUT2D eigenvalue weighted by Crippen LogP contribution is 2.37. The molecule has 0 bridgehead atoms. The van der Waals surface area contributed by atoms with Gasteiger partial charge in [-0.15, -0.1) is 0 Å². The van der Waals surface area contributed by atoms with Crippen molar-refractivity contribution in [1.82, 2.24) is 9.80 Å². The molecule has 1 aromatic rings. The van der Waals surface area contributed by atoms with Gasteiger partial charge in [0.1, 0.15) is 0 Å². The zero-order valence-electron chi connectivity index (χ0n) is 12.2. The highest BCUT2D eigenvalue weighted by molar-refractivity contribution is 9.10. The average molecular weight is 355 g/mol. The van der Waals surface area contributed by atoms with Gasteiger partial charge in [0.15, 0.2) is 0 Å².